The summed E-state index contributed by atoms with van der Waals surface area (Å²) in [6.07, 6.45) is 2.20. The van der Waals surface area contributed by atoms with Gasteiger partial charge in [-0.05, 0) is 43.0 Å². The van der Waals surface area contributed by atoms with Crippen LogP contribution in [0.25, 0.3) is 0 Å². The fourth-order valence-corrected chi connectivity index (χ4v) is 3.59. The lowest BCUT2D eigenvalue weighted by Gasteiger charge is -2.36. The molecule has 27 heavy (non-hydrogen) atoms. The molecule has 2 amide bonds. The van der Waals surface area contributed by atoms with Crippen molar-refractivity contribution in [3.63, 3.8) is 0 Å². The second-order valence-corrected chi connectivity index (χ2v) is 7.67. The van der Waals surface area contributed by atoms with Crippen LogP contribution in [-0.4, -0.2) is 78.9 Å². The topological polar surface area (TPSA) is 55.9 Å². The third kappa shape index (κ3) is 6.01. The molecule has 0 unspecified atom stereocenters. The normalized spacial score (nSPS) is 19.9. The molecular weight excluding hydrogens is 347 g/mol. The molecule has 6 nitrogen and oxygen atoms in total. The molecule has 0 atom stereocenters. The van der Waals surface area contributed by atoms with E-state index in [9.17, 15) is 14.0 Å². The number of carbonyl (C=O) groups excluding carboxylic acids is 2. The van der Waals surface area contributed by atoms with Crippen molar-refractivity contribution >= 4 is 17.5 Å². The van der Waals surface area contributed by atoms with Gasteiger partial charge in [0.2, 0.25) is 11.8 Å². The van der Waals surface area contributed by atoms with E-state index >= 15 is 0 Å². The highest BCUT2D eigenvalue weighted by molar-refractivity contribution is 5.92. The van der Waals surface area contributed by atoms with Crippen LogP contribution in [0.15, 0.2) is 24.3 Å². The Morgan fingerprint density at radius 3 is 2.11 bits per heavy atom. The number of nitrogens with zero attached hydrogens (tertiary/aromatic N) is 3. The Bertz CT molecular complexity index is 636. The molecule has 2 aliphatic rings. The van der Waals surface area contributed by atoms with Crippen molar-refractivity contribution in [2.75, 3.05) is 57.7 Å². The average molecular weight is 376 g/mol. The average Bonchev–Trinajstić information content (AvgIpc) is 2.66. The van der Waals surface area contributed by atoms with Crippen molar-refractivity contribution in [2.45, 2.75) is 19.8 Å². The molecule has 0 radical (unpaired) electrons. The van der Waals surface area contributed by atoms with Gasteiger partial charge in [0.25, 0.3) is 0 Å². The standard InChI is InChI=1S/C20H29FN4O2/c1-16-6-8-25(9-7-16)20(27)15-24-12-10-23(11-13-24)14-19(26)22-18-4-2-17(21)3-5-18/h2-5,16H,6-15H2,1H3,(H,22,26). The van der Waals surface area contributed by atoms with Gasteiger partial charge in [0.1, 0.15) is 5.82 Å². The van der Waals surface area contributed by atoms with E-state index in [1.165, 1.54) is 12.1 Å². The van der Waals surface area contributed by atoms with Crippen LogP contribution in [0.3, 0.4) is 0 Å². The number of nitrogens with one attached hydrogen (secondary N) is 1. The number of piperidine rings is 1. The monoisotopic (exact) mass is 376 g/mol. The number of hydrogen-bond donors (Lipinski definition) is 1. The lowest BCUT2D eigenvalue weighted by Crippen LogP contribution is -2.52. The molecular formula is C20H29FN4O2. The lowest BCUT2D eigenvalue weighted by atomic mass is 9.99. The molecule has 7 heteroatoms. The van der Waals surface area contributed by atoms with Crippen LogP contribution in [0.1, 0.15) is 19.8 Å². The van der Waals surface area contributed by atoms with Crippen LogP contribution in [0.5, 0.6) is 0 Å². The van der Waals surface area contributed by atoms with E-state index in [1.54, 1.807) is 12.1 Å². The Kier molecular flexibility index (Phi) is 6.79. The van der Waals surface area contributed by atoms with Crippen molar-refractivity contribution in [2.24, 2.45) is 5.92 Å². The lowest BCUT2D eigenvalue weighted by molar-refractivity contribution is -0.134. The minimum atomic E-state index is -0.322. The van der Waals surface area contributed by atoms with Crippen LogP contribution in [0, 0.1) is 11.7 Å². The van der Waals surface area contributed by atoms with Gasteiger partial charge < -0.3 is 10.2 Å². The molecule has 3 rings (SSSR count). The first-order valence-corrected chi connectivity index (χ1v) is 9.77. The molecule has 0 saturated carbocycles. The summed E-state index contributed by atoms with van der Waals surface area (Å²) < 4.78 is 12.9. The summed E-state index contributed by atoms with van der Waals surface area (Å²) in [6, 6.07) is 5.76. The molecule has 0 aromatic heterocycles. The van der Waals surface area contributed by atoms with Gasteiger partial charge in [-0.15, -0.1) is 0 Å². The fraction of sp³-hybridized carbons (Fsp3) is 0.600. The molecule has 2 aliphatic heterocycles. The molecule has 2 saturated heterocycles. The summed E-state index contributed by atoms with van der Waals surface area (Å²) in [4.78, 5) is 30.8. The first-order valence-electron chi connectivity index (χ1n) is 9.77. The number of likely N-dealkylation sites (tertiary alicyclic amines) is 1. The molecule has 1 N–H and O–H groups in total. The van der Waals surface area contributed by atoms with Crippen molar-refractivity contribution in [3.05, 3.63) is 30.1 Å². The molecule has 148 valence electrons. The van der Waals surface area contributed by atoms with Crippen LogP contribution in [0.2, 0.25) is 0 Å². The van der Waals surface area contributed by atoms with Gasteiger partial charge in [-0.3, -0.25) is 19.4 Å². The van der Waals surface area contributed by atoms with Crippen LogP contribution in [-0.2, 0) is 9.59 Å². The van der Waals surface area contributed by atoms with Crippen LogP contribution >= 0.6 is 0 Å². The Morgan fingerprint density at radius 2 is 1.52 bits per heavy atom. The van der Waals surface area contributed by atoms with E-state index in [2.05, 4.69) is 22.0 Å². The van der Waals surface area contributed by atoms with Gasteiger partial charge in [-0.25, -0.2) is 4.39 Å². The summed E-state index contributed by atoms with van der Waals surface area (Å²) in [6.45, 7) is 7.90. The number of amides is 2. The number of anilines is 1. The SMILES string of the molecule is CC1CCN(C(=O)CN2CCN(CC(=O)Nc3ccc(F)cc3)CC2)CC1. The van der Waals surface area contributed by atoms with Gasteiger partial charge in [-0.1, -0.05) is 6.92 Å². The Balaban J connectivity index is 1.36. The predicted octanol–water partition coefficient (Wildman–Crippen LogP) is 1.64. The highest BCUT2D eigenvalue weighted by Gasteiger charge is 2.24. The van der Waals surface area contributed by atoms with E-state index < -0.39 is 0 Å². The molecule has 0 spiro atoms. The van der Waals surface area contributed by atoms with Gasteiger partial charge in [-0.2, -0.15) is 0 Å². The summed E-state index contributed by atoms with van der Waals surface area (Å²) in [7, 11) is 0. The first-order chi connectivity index (χ1) is 13.0. The maximum Gasteiger partial charge on any atom is 0.238 e. The number of piperazine rings is 1. The molecule has 0 aliphatic carbocycles. The van der Waals surface area contributed by atoms with Crippen molar-refractivity contribution in [1.29, 1.82) is 0 Å². The molecule has 1 aromatic rings. The maximum absolute atomic E-state index is 12.9. The van der Waals surface area contributed by atoms with E-state index in [0.29, 0.717) is 18.8 Å². The molecule has 0 bridgehead atoms. The molecule has 2 heterocycles. The number of carbonyl (C=O) groups is 2. The second kappa shape index (κ2) is 9.28. The number of rotatable bonds is 5. The number of halogens is 1. The van der Waals surface area contributed by atoms with Crippen molar-refractivity contribution < 1.29 is 14.0 Å². The van der Waals surface area contributed by atoms with E-state index in [0.717, 1.165) is 58.0 Å². The van der Waals surface area contributed by atoms with Gasteiger partial charge in [0.15, 0.2) is 0 Å². The van der Waals surface area contributed by atoms with E-state index in [1.807, 2.05) is 4.90 Å². The summed E-state index contributed by atoms with van der Waals surface area (Å²) in [5, 5.41) is 2.78. The zero-order chi connectivity index (χ0) is 19.2. The van der Waals surface area contributed by atoms with Crippen LogP contribution in [0.4, 0.5) is 10.1 Å². The minimum Gasteiger partial charge on any atom is -0.342 e. The highest BCUT2D eigenvalue weighted by Crippen LogP contribution is 2.16. The zero-order valence-corrected chi connectivity index (χ0v) is 16.0. The number of benzene rings is 1. The first kappa shape index (κ1) is 19.8. The third-order valence-corrected chi connectivity index (χ3v) is 5.46. The zero-order valence-electron chi connectivity index (χ0n) is 16.0. The minimum absolute atomic E-state index is 0.103. The fourth-order valence-electron chi connectivity index (χ4n) is 3.59. The highest BCUT2D eigenvalue weighted by atomic mass is 19.1. The summed E-state index contributed by atoms with van der Waals surface area (Å²) in [5.74, 6) is 0.523. The summed E-state index contributed by atoms with van der Waals surface area (Å²) in [5.41, 5.74) is 0.599. The Morgan fingerprint density at radius 1 is 0.963 bits per heavy atom. The van der Waals surface area contributed by atoms with E-state index in [4.69, 9.17) is 0 Å². The van der Waals surface area contributed by atoms with Crippen LogP contribution < -0.4 is 5.32 Å². The smallest absolute Gasteiger partial charge is 0.238 e. The number of hydrogen-bond acceptors (Lipinski definition) is 4. The molecule has 1 aromatic carbocycles. The quantitative estimate of drug-likeness (QED) is 0.849. The second-order valence-electron chi connectivity index (χ2n) is 7.67. The molecule has 2 fully saturated rings. The van der Waals surface area contributed by atoms with Gasteiger partial charge in [0.05, 0.1) is 13.1 Å². The Labute approximate surface area is 160 Å². The maximum atomic E-state index is 12.9. The van der Waals surface area contributed by atoms with Crippen molar-refractivity contribution in [1.82, 2.24) is 14.7 Å². The van der Waals surface area contributed by atoms with Gasteiger partial charge >= 0.3 is 0 Å². The Hall–Kier alpha value is -1.99. The van der Waals surface area contributed by atoms with E-state index in [-0.39, 0.29) is 17.6 Å². The van der Waals surface area contributed by atoms with Gasteiger partial charge in [0, 0.05) is 45.0 Å². The summed E-state index contributed by atoms with van der Waals surface area (Å²) >= 11 is 0. The largest absolute Gasteiger partial charge is 0.342 e. The van der Waals surface area contributed by atoms with Crippen molar-refractivity contribution in [3.8, 4) is 0 Å². The predicted molar refractivity (Wildman–Crippen MR) is 103 cm³/mol. The third-order valence-electron chi connectivity index (χ3n) is 5.46.